The number of ether oxygens (including phenoxy) is 1. The summed E-state index contributed by atoms with van der Waals surface area (Å²) in [4.78, 5) is 0.352. The maximum absolute atomic E-state index is 6.30. The van der Waals surface area contributed by atoms with Crippen LogP contribution in [0.2, 0.25) is 5.02 Å². The van der Waals surface area contributed by atoms with Gasteiger partial charge < -0.3 is 4.74 Å². The van der Waals surface area contributed by atoms with Crippen molar-refractivity contribution in [1.29, 1.82) is 0 Å². The Morgan fingerprint density at radius 3 is 2.71 bits per heavy atom. The van der Waals surface area contributed by atoms with E-state index in [1.165, 1.54) is 30.2 Å². The summed E-state index contributed by atoms with van der Waals surface area (Å²) >= 11 is 10.2. The van der Waals surface area contributed by atoms with Crippen LogP contribution in [-0.2, 0) is 4.74 Å². The summed E-state index contributed by atoms with van der Waals surface area (Å²) in [5.41, 5.74) is 1.32. The smallest absolute Gasteiger partial charge is 0.0575 e. The monoisotopic (exact) mass is 366 g/mol. The Bertz CT molecular complexity index is 607. The van der Waals surface area contributed by atoms with Crippen molar-refractivity contribution in [2.45, 2.75) is 43.0 Å². The van der Waals surface area contributed by atoms with Gasteiger partial charge in [-0.1, -0.05) is 57.9 Å². The van der Waals surface area contributed by atoms with Crippen LogP contribution in [0.5, 0.6) is 0 Å². The fraction of sp³-hybridized carbons (Fsp3) is 0.444. The second kappa shape index (κ2) is 7.13. The maximum Gasteiger partial charge on any atom is 0.0575 e. The van der Waals surface area contributed by atoms with Crippen LogP contribution >= 0.6 is 27.5 Å². The summed E-state index contributed by atoms with van der Waals surface area (Å²) in [5.74, 6) is 0. The van der Waals surface area contributed by atoms with Crippen molar-refractivity contribution in [2.75, 3.05) is 6.61 Å². The molecule has 1 saturated heterocycles. The number of halogens is 2. The third kappa shape index (κ3) is 3.61. The van der Waals surface area contributed by atoms with Crippen molar-refractivity contribution < 1.29 is 4.74 Å². The molecular weight excluding hydrogens is 348 g/mol. The zero-order valence-electron chi connectivity index (χ0n) is 12.0. The topological polar surface area (TPSA) is 9.23 Å². The molecule has 3 rings (SSSR count). The molecule has 0 bridgehead atoms. The largest absolute Gasteiger partial charge is 0.378 e. The Hall–Kier alpha value is -0.570. The maximum atomic E-state index is 6.30. The first-order valence-corrected chi connectivity index (χ1v) is 8.98. The average Bonchev–Trinajstić information content (AvgIpc) is 2.54. The zero-order chi connectivity index (χ0) is 14.7. The molecule has 0 saturated carbocycles. The Morgan fingerprint density at radius 2 is 1.95 bits per heavy atom. The predicted molar refractivity (Wildman–Crippen MR) is 93.5 cm³/mol. The molecule has 1 aliphatic heterocycles. The van der Waals surface area contributed by atoms with E-state index in [-0.39, 0.29) is 0 Å². The fourth-order valence-corrected chi connectivity index (χ4v) is 3.97. The van der Waals surface area contributed by atoms with Gasteiger partial charge in [-0.05, 0) is 49.1 Å². The van der Waals surface area contributed by atoms with Crippen LogP contribution in [0.25, 0.3) is 10.8 Å². The van der Waals surface area contributed by atoms with E-state index in [1.807, 2.05) is 12.1 Å². The second-order valence-electron chi connectivity index (χ2n) is 5.72. The van der Waals surface area contributed by atoms with Crippen LogP contribution in [0, 0.1) is 0 Å². The molecule has 0 N–H and O–H groups in total. The van der Waals surface area contributed by atoms with Gasteiger partial charge >= 0.3 is 0 Å². The summed E-state index contributed by atoms with van der Waals surface area (Å²) in [6.07, 6.45) is 6.39. The SMILES string of the molecule is Clc1ccc(C(Br)CCC2CCCCO2)c2ccccc12. The highest BCUT2D eigenvalue weighted by Gasteiger charge is 2.18. The van der Waals surface area contributed by atoms with E-state index in [0.717, 1.165) is 29.9 Å². The van der Waals surface area contributed by atoms with Gasteiger partial charge in [-0.3, -0.25) is 0 Å². The third-order valence-corrected chi connectivity index (χ3v) is 5.54. The lowest BCUT2D eigenvalue weighted by Crippen LogP contribution is -2.19. The van der Waals surface area contributed by atoms with Gasteiger partial charge in [0, 0.05) is 21.8 Å². The van der Waals surface area contributed by atoms with E-state index in [9.17, 15) is 0 Å². The normalized spacial score (nSPS) is 20.6. The minimum atomic E-state index is 0.352. The Balaban J connectivity index is 1.75. The summed E-state index contributed by atoms with van der Waals surface area (Å²) < 4.78 is 5.83. The van der Waals surface area contributed by atoms with Crippen LogP contribution < -0.4 is 0 Å². The standard InChI is InChI=1S/C18H20BrClO/c19-17(10-8-13-5-3-4-12-21-13)15-9-11-18(20)16-7-2-1-6-14(15)16/h1-2,6-7,9,11,13,17H,3-5,8,10,12H2. The number of fused-ring (bicyclic) bond motifs is 1. The molecule has 0 radical (unpaired) electrons. The van der Waals surface area contributed by atoms with Crippen LogP contribution in [0.15, 0.2) is 36.4 Å². The minimum absolute atomic E-state index is 0.352. The van der Waals surface area contributed by atoms with E-state index in [1.54, 1.807) is 0 Å². The van der Waals surface area contributed by atoms with Crippen molar-refractivity contribution in [3.63, 3.8) is 0 Å². The molecule has 1 aliphatic rings. The summed E-state index contributed by atoms with van der Waals surface area (Å²) in [6, 6.07) is 12.5. The summed E-state index contributed by atoms with van der Waals surface area (Å²) in [6.45, 7) is 0.932. The first kappa shape index (κ1) is 15.3. The highest BCUT2D eigenvalue weighted by molar-refractivity contribution is 9.09. The van der Waals surface area contributed by atoms with Gasteiger partial charge in [0.25, 0.3) is 0 Å². The lowest BCUT2D eigenvalue weighted by Gasteiger charge is -2.24. The lowest BCUT2D eigenvalue weighted by atomic mass is 9.97. The van der Waals surface area contributed by atoms with Gasteiger partial charge in [-0.15, -0.1) is 0 Å². The first-order valence-electron chi connectivity index (χ1n) is 7.68. The van der Waals surface area contributed by atoms with E-state index in [0.29, 0.717) is 10.9 Å². The van der Waals surface area contributed by atoms with E-state index < -0.39 is 0 Å². The third-order valence-electron chi connectivity index (χ3n) is 4.26. The molecule has 1 fully saturated rings. The Kier molecular flexibility index (Phi) is 5.20. The molecule has 0 spiro atoms. The fourth-order valence-electron chi connectivity index (χ4n) is 3.08. The molecule has 2 aromatic carbocycles. The Labute approximate surface area is 139 Å². The van der Waals surface area contributed by atoms with Gasteiger partial charge in [-0.25, -0.2) is 0 Å². The van der Waals surface area contributed by atoms with Crippen molar-refractivity contribution in [1.82, 2.24) is 0 Å². The molecular formula is C18H20BrClO. The van der Waals surface area contributed by atoms with Crippen LogP contribution in [0.1, 0.15) is 42.5 Å². The summed E-state index contributed by atoms with van der Waals surface area (Å²) in [5, 5.41) is 3.20. The van der Waals surface area contributed by atoms with E-state index >= 15 is 0 Å². The molecule has 21 heavy (non-hydrogen) atoms. The number of hydrogen-bond acceptors (Lipinski definition) is 1. The number of benzene rings is 2. The minimum Gasteiger partial charge on any atom is -0.378 e. The molecule has 0 aliphatic carbocycles. The summed E-state index contributed by atoms with van der Waals surface area (Å²) in [7, 11) is 0. The number of rotatable bonds is 4. The van der Waals surface area contributed by atoms with Crippen LogP contribution in [0.4, 0.5) is 0 Å². The zero-order valence-corrected chi connectivity index (χ0v) is 14.4. The molecule has 2 aromatic rings. The Morgan fingerprint density at radius 1 is 1.14 bits per heavy atom. The van der Waals surface area contributed by atoms with Gasteiger partial charge in [-0.2, -0.15) is 0 Å². The molecule has 0 amide bonds. The average molecular weight is 368 g/mol. The van der Waals surface area contributed by atoms with Gasteiger partial charge in [0.2, 0.25) is 0 Å². The van der Waals surface area contributed by atoms with Crippen LogP contribution in [0.3, 0.4) is 0 Å². The number of alkyl halides is 1. The van der Waals surface area contributed by atoms with Gasteiger partial charge in [0.15, 0.2) is 0 Å². The molecule has 2 atom stereocenters. The first-order chi connectivity index (χ1) is 10.3. The predicted octanol–water partition coefficient (Wildman–Crippen LogP) is 6.28. The van der Waals surface area contributed by atoms with Crippen LogP contribution in [-0.4, -0.2) is 12.7 Å². The quantitative estimate of drug-likeness (QED) is 0.578. The lowest BCUT2D eigenvalue weighted by molar-refractivity contribution is 0.0102. The van der Waals surface area contributed by atoms with Crippen molar-refractivity contribution in [3.8, 4) is 0 Å². The molecule has 1 nitrogen and oxygen atoms in total. The van der Waals surface area contributed by atoms with E-state index in [4.69, 9.17) is 16.3 Å². The highest BCUT2D eigenvalue weighted by atomic mass is 79.9. The molecule has 112 valence electrons. The van der Waals surface area contributed by atoms with Crippen molar-refractivity contribution >= 4 is 38.3 Å². The van der Waals surface area contributed by atoms with E-state index in [2.05, 4.69) is 40.2 Å². The van der Waals surface area contributed by atoms with Gasteiger partial charge in [0.05, 0.1) is 6.10 Å². The second-order valence-corrected chi connectivity index (χ2v) is 7.23. The van der Waals surface area contributed by atoms with Crippen molar-refractivity contribution in [2.24, 2.45) is 0 Å². The molecule has 2 unspecified atom stereocenters. The van der Waals surface area contributed by atoms with Gasteiger partial charge in [0.1, 0.15) is 0 Å². The molecule has 3 heteroatoms. The highest BCUT2D eigenvalue weighted by Crippen LogP contribution is 2.37. The van der Waals surface area contributed by atoms with Crippen molar-refractivity contribution in [3.05, 3.63) is 47.0 Å². The number of hydrogen-bond donors (Lipinski definition) is 0. The molecule has 1 heterocycles. The molecule has 0 aromatic heterocycles.